The molecule has 2 N–H and O–H groups in total. The normalized spacial score (nSPS) is 15.2. The van der Waals surface area contributed by atoms with Crippen molar-refractivity contribution < 1.29 is 23.9 Å². The molecule has 2 heterocycles. The second-order valence-corrected chi connectivity index (χ2v) is 8.24. The van der Waals surface area contributed by atoms with Gasteiger partial charge in [-0.3, -0.25) is 19.8 Å². The van der Waals surface area contributed by atoms with Crippen molar-refractivity contribution in [1.29, 1.82) is 0 Å². The zero-order valence-electron chi connectivity index (χ0n) is 16.6. The summed E-state index contributed by atoms with van der Waals surface area (Å²) in [6.07, 6.45) is 1.33. The number of amides is 2. The van der Waals surface area contributed by atoms with E-state index in [2.05, 4.69) is 21.2 Å². The number of halogens is 1. The molecular formula is C23H15BrN2O5S. The summed E-state index contributed by atoms with van der Waals surface area (Å²) in [7, 11) is 0. The number of furan rings is 1. The Hall–Kier alpha value is -3.56. The van der Waals surface area contributed by atoms with Crippen molar-refractivity contribution in [3.05, 3.63) is 81.5 Å². The number of benzene rings is 2. The quantitative estimate of drug-likeness (QED) is 0.303. The van der Waals surface area contributed by atoms with Gasteiger partial charge in [0.15, 0.2) is 5.11 Å². The minimum Gasteiger partial charge on any atom is -0.478 e. The van der Waals surface area contributed by atoms with E-state index in [0.29, 0.717) is 11.5 Å². The molecule has 1 fully saturated rings. The van der Waals surface area contributed by atoms with E-state index in [1.54, 1.807) is 12.1 Å². The Balaban J connectivity index is 1.69. The molecule has 0 spiro atoms. The maximum absolute atomic E-state index is 13.1. The van der Waals surface area contributed by atoms with Crippen LogP contribution in [0.15, 0.2) is 69.1 Å². The molecule has 2 aromatic carbocycles. The van der Waals surface area contributed by atoms with Gasteiger partial charge in [-0.1, -0.05) is 28.1 Å². The summed E-state index contributed by atoms with van der Waals surface area (Å²) < 4.78 is 6.69. The second kappa shape index (κ2) is 8.52. The third-order valence-electron chi connectivity index (χ3n) is 4.76. The van der Waals surface area contributed by atoms with Crippen molar-refractivity contribution in [3.63, 3.8) is 0 Å². The number of rotatable bonds is 4. The fraction of sp³-hybridized carbons (Fsp3) is 0.0435. The van der Waals surface area contributed by atoms with Crippen molar-refractivity contribution in [2.45, 2.75) is 6.92 Å². The van der Waals surface area contributed by atoms with Crippen molar-refractivity contribution in [2.24, 2.45) is 0 Å². The predicted octanol–water partition coefficient (Wildman–Crippen LogP) is 4.55. The lowest BCUT2D eigenvalue weighted by Gasteiger charge is -2.28. The Morgan fingerprint density at radius 2 is 1.94 bits per heavy atom. The van der Waals surface area contributed by atoms with Crippen LogP contribution in [-0.4, -0.2) is 28.0 Å². The van der Waals surface area contributed by atoms with Gasteiger partial charge in [0.1, 0.15) is 17.1 Å². The number of carboxylic acids is 1. The van der Waals surface area contributed by atoms with Gasteiger partial charge < -0.3 is 9.52 Å². The van der Waals surface area contributed by atoms with Gasteiger partial charge in [-0.25, -0.2) is 4.79 Å². The molecule has 0 unspecified atom stereocenters. The first-order valence-electron chi connectivity index (χ1n) is 9.36. The van der Waals surface area contributed by atoms with Crippen molar-refractivity contribution in [1.82, 2.24) is 5.32 Å². The highest BCUT2D eigenvalue weighted by atomic mass is 79.9. The van der Waals surface area contributed by atoms with Crippen molar-refractivity contribution in [3.8, 4) is 11.3 Å². The first-order chi connectivity index (χ1) is 15.2. The Labute approximate surface area is 196 Å². The van der Waals surface area contributed by atoms with Gasteiger partial charge in [0.2, 0.25) is 0 Å². The molecule has 7 nitrogen and oxygen atoms in total. The van der Waals surface area contributed by atoms with E-state index in [1.165, 1.54) is 30.3 Å². The van der Waals surface area contributed by atoms with Gasteiger partial charge in [-0.15, -0.1) is 0 Å². The highest BCUT2D eigenvalue weighted by Gasteiger charge is 2.35. The van der Waals surface area contributed by atoms with Crippen LogP contribution >= 0.6 is 28.1 Å². The number of aryl methyl sites for hydroxylation is 1. The first-order valence-corrected chi connectivity index (χ1v) is 10.6. The number of carbonyl (C=O) groups is 3. The summed E-state index contributed by atoms with van der Waals surface area (Å²) in [5.41, 5.74) is 1.94. The highest BCUT2D eigenvalue weighted by molar-refractivity contribution is 9.10. The van der Waals surface area contributed by atoms with E-state index >= 15 is 0 Å². The van der Waals surface area contributed by atoms with Gasteiger partial charge >= 0.3 is 5.97 Å². The Morgan fingerprint density at radius 3 is 2.66 bits per heavy atom. The smallest absolute Gasteiger partial charge is 0.335 e. The number of anilines is 1. The molecule has 1 aromatic heterocycles. The Kier molecular flexibility index (Phi) is 5.77. The summed E-state index contributed by atoms with van der Waals surface area (Å²) >= 11 is 8.66. The molecule has 32 heavy (non-hydrogen) atoms. The van der Waals surface area contributed by atoms with Crippen molar-refractivity contribution >= 4 is 62.8 Å². The largest absolute Gasteiger partial charge is 0.478 e. The van der Waals surface area contributed by atoms with Crippen LogP contribution in [0.3, 0.4) is 0 Å². The monoisotopic (exact) mass is 510 g/mol. The van der Waals surface area contributed by atoms with Crippen LogP contribution in [0.1, 0.15) is 21.7 Å². The number of hydrogen-bond acceptors (Lipinski definition) is 5. The van der Waals surface area contributed by atoms with Gasteiger partial charge in [0.05, 0.1) is 11.3 Å². The fourth-order valence-electron chi connectivity index (χ4n) is 3.21. The zero-order valence-corrected chi connectivity index (χ0v) is 19.0. The van der Waals surface area contributed by atoms with Gasteiger partial charge in [-0.05, 0) is 73.2 Å². The van der Waals surface area contributed by atoms with Crippen LogP contribution in [-0.2, 0) is 9.59 Å². The van der Waals surface area contributed by atoms with Crippen LogP contribution in [0.5, 0.6) is 0 Å². The maximum atomic E-state index is 13.1. The van der Waals surface area contributed by atoms with Crippen LogP contribution in [0, 0.1) is 6.92 Å². The van der Waals surface area contributed by atoms with E-state index in [1.807, 2.05) is 25.1 Å². The minimum atomic E-state index is -1.15. The number of hydrogen-bond donors (Lipinski definition) is 2. The predicted molar refractivity (Wildman–Crippen MR) is 126 cm³/mol. The summed E-state index contributed by atoms with van der Waals surface area (Å²) in [4.78, 5) is 38.0. The summed E-state index contributed by atoms with van der Waals surface area (Å²) in [5.74, 6) is -1.63. The number of nitrogens with zero attached hydrogens (tertiary/aromatic N) is 1. The number of carbonyl (C=O) groups excluding carboxylic acids is 2. The van der Waals surface area contributed by atoms with Gasteiger partial charge in [0, 0.05) is 10.0 Å². The highest BCUT2D eigenvalue weighted by Crippen LogP contribution is 2.31. The summed E-state index contributed by atoms with van der Waals surface area (Å²) in [6.45, 7) is 1.97. The second-order valence-electron chi connectivity index (χ2n) is 7.00. The summed E-state index contributed by atoms with van der Waals surface area (Å²) in [5, 5.41) is 11.6. The van der Waals surface area contributed by atoms with Crippen molar-refractivity contribution in [2.75, 3.05) is 4.90 Å². The number of aromatic carboxylic acids is 1. The van der Waals surface area contributed by atoms with Gasteiger partial charge in [-0.2, -0.15) is 0 Å². The molecule has 0 radical (unpaired) electrons. The molecular weight excluding hydrogens is 496 g/mol. The van der Waals surface area contributed by atoms with E-state index in [9.17, 15) is 19.5 Å². The average Bonchev–Trinajstić information content (AvgIpc) is 3.19. The van der Waals surface area contributed by atoms with Crippen LogP contribution in [0.25, 0.3) is 17.4 Å². The number of nitrogens with one attached hydrogen (secondary N) is 1. The molecule has 2 amide bonds. The molecule has 0 atom stereocenters. The molecule has 0 bridgehead atoms. The van der Waals surface area contributed by atoms with E-state index in [0.717, 1.165) is 20.5 Å². The van der Waals surface area contributed by atoms with E-state index < -0.39 is 17.8 Å². The van der Waals surface area contributed by atoms with Gasteiger partial charge in [0.25, 0.3) is 11.8 Å². The lowest BCUT2D eigenvalue weighted by atomic mass is 10.1. The standard InChI is InChI=1S/C23H15BrN2O5S/c1-12-5-7-16(18(24)9-12)19-8-6-15(31-19)11-17-20(27)25-23(32)26(21(17)28)14-4-2-3-13(10-14)22(29)30/h2-11H,1H3,(H,29,30)(H,25,27,32). The number of carboxylic acid groups (broad SMARTS) is 1. The van der Waals surface area contributed by atoms with E-state index in [4.69, 9.17) is 16.6 Å². The van der Waals surface area contributed by atoms with Crippen LogP contribution < -0.4 is 10.2 Å². The Bertz CT molecular complexity index is 1330. The number of thiocarbonyl (C=S) groups is 1. The zero-order chi connectivity index (χ0) is 23.0. The molecule has 0 aliphatic carbocycles. The first kappa shape index (κ1) is 21.7. The average molecular weight is 511 g/mol. The van der Waals surface area contributed by atoms with Crippen LogP contribution in [0.2, 0.25) is 0 Å². The third-order valence-corrected chi connectivity index (χ3v) is 5.70. The third kappa shape index (κ3) is 4.12. The maximum Gasteiger partial charge on any atom is 0.335 e. The minimum absolute atomic E-state index is 0.0140. The Morgan fingerprint density at radius 1 is 1.16 bits per heavy atom. The topological polar surface area (TPSA) is 99.9 Å². The lowest BCUT2D eigenvalue weighted by Crippen LogP contribution is -2.54. The molecule has 160 valence electrons. The van der Waals surface area contributed by atoms with Crippen LogP contribution in [0.4, 0.5) is 5.69 Å². The molecule has 1 aliphatic heterocycles. The molecule has 4 rings (SSSR count). The SMILES string of the molecule is Cc1ccc(-c2ccc(C=C3C(=O)NC(=S)N(c4cccc(C(=O)O)c4)C3=O)o2)c(Br)c1. The molecule has 9 heteroatoms. The lowest BCUT2D eigenvalue weighted by molar-refractivity contribution is -0.122. The molecule has 3 aromatic rings. The molecule has 1 aliphatic rings. The van der Waals surface area contributed by atoms with E-state index in [-0.39, 0.29) is 21.9 Å². The summed E-state index contributed by atoms with van der Waals surface area (Å²) in [6, 6.07) is 14.9. The molecule has 0 saturated carbocycles. The fourth-order valence-corrected chi connectivity index (χ4v) is 4.18. The molecule has 1 saturated heterocycles.